The summed E-state index contributed by atoms with van der Waals surface area (Å²) in [6, 6.07) is 8.79. The normalized spacial score (nSPS) is 17.0. The third kappa shape index (κ3) is 2.76. The number of nitrogens with zero attached hydrogens (tertiary/aromatic N) is 3. The lowest BCUT2D eigenvalue weighted by Gasteiger charge is -2.28. The van der Waals surface area contributed by atoms with E-state index in [-0.39, 0.29) is 0 Å². The van der Waals surface area contributed by atoms with Crippen LogP contribution in [0.15, 0.2) is 30.6 Å². The predicted octanol–water partition coefficient (Wildman–Crippen LogP) is 4.91. The van der Waals surface area contributed by atoms with Crippen LogP contribution in [0.1, 0.15) is 36.1 Å². The first kappa shape index (κ1) is 15.1. The summed E-state index contributed by atoms with van der Waals surface area (Å²) >= 11 is 1.83. The van der Waals surface area contributed by atoms with Crippen LogP contribution in [-0.4, -0.2) is 23.1 Å². The molecule has 5 heteroatoms. The van der Waals surface area contributed by atoms with Gasteiger partial charge in [0, 0.05) is 29.3 Å². The molecule has 25 heavy (non-hydrogen) atoms. The predicted molar refractivity (Wildman–Crippen MR) is 105 cm³/mol. The van der Waals surface area contributed by atoms with E-state index in [4.69, 9.17) is 0 Å². The number of nitrogens with one attached hydrogen (secondary N) is 1. The molecule has 1 fully saturated rings. The molecule has 3 heterocycles. The van der Waals surface area contributed by atoms with E-state index in [1.165, 1.54) is 66.7 Å². The van der Waals surface area contributed by atoms with Gasteiger partial charge in [-0.25, -0.2) is 9.97 Å². The summed E-state index contributed by atoms with van der Waals surface area (Å²) in [7, 11) is 0. The van der Waals surface area contributed by atoms with Crippen molar-refractivity contribution < 1.29 is 0 Å². The van der Waals surface area contributed by atoms with Crippen LogP contribution < -0.4 is 10.2 Å². The minimum absolute atomic E-state index is 0.954. The van der Waals surface area contributed by atoms with Crippen LogP contribution in [0.3, 0.4) is 0 Å². The van der Waals surface area contributed by atoms with E-state index in [0.29, 0.717) is 0 Å². The second-order valence-electron chi connectivity index (χ2n) is 6.98. The highest BCUT2D eigenvalue weighted by atomic mass is 32.1. The van der Waals surface area contributed by atoms with Crippen LogP contribution in [-0.2, 0) is 12.8 Å². The molecule has 128 valence electrons. The molecule has 2 aromatic heterocycles. The molecule has 1 N–H and O–H groups in total. The average molecular weight is 350 g/mol. The molecule has 0 atom stereocenters. The third-order valence-corrected chi connectivity index (χ3v) is 6.55. The SMILES string of the molecule is c1nc(Nc2ccc(N3CCCCC3)cc2)c2c3c(sc2n1)CCC3. The zero-order chi connectivity index (χ0) is 16.6. The van der Waals surface area contributed by atoms with Gasteiger partial charge in [0.2, 0.25) is 0 Å². The van der Waals surface area contributed by atoms with E-state index in [9.17, 15) is 0 Å². The van der Waals surface area contributed by atoms with Crippen molar-refractivity contribution in [2.45, 2.75) is 38.5 Å². The molecule has 3 aromatic rings. The van der Waals surface area contributed by atoms with Crippen LogP contribution in [0.4, 0.5) is 17.2 Å². The van der Waals surface area contributed by atoms with Gasteiger partial charge in [0.15, 0.2) is 0 Å². The Hall–Kier alpha value is -2.14. The largest absolute Gasteiger partial charge is 0.372 e. The molecule has 0 amide bonds. The highest BCUT2D eigenvalue weighted by Crippen LogP contribution is 2.39. The highest BCUT2D eigenvalue weighted by molar-refractivity contribution is 7.19. The summed E-state index contributed by atoms with van der Waals surface area (Å²) in [5, 5.41) is 4.77. The number of aryl methyl sites for hydroxylation is 2. The number of piperidine rings is 1. The molecule has 1 aromatic carbocycles. The number of rotatable bonds is 3. The molecule has 1 saturated heterocycles. The van der Waals surface area contributed by atoms with Gasteiger partial charge in [0.05, 0.1) is 5.39 Å². The van der Waals surface area contributed by atoms with E-state index in [2.05, 4.69) is 44.5 Å². The molecule has 1 aliphatic carbocycles. The van der Waals surface area contributed by atoms with E-state index in [1.54, 1.807) is 6.33 Å². The molecular formula is C20H22N4S. The Morgan fingerprint density at radius 3 is 2.60 bits per heavy atom. The molecule has 5 rings (SSSR count). The van der Waals surface area contributed by atoms with Crippen molar-refractivity contribution in [2.24, 2.45) is 0 Å². The first-order chi connectivity index (χ1) is 12.4. The van der Waals surface area contributed by atoms with Crippen molar-refractivity contribution in [1.82, 2.24) is 9.97 Å². The lowest BCUT2D eigenvalue weighted by Crippen LogP contribution is -2.29. The van der Waals surface area contributed by atoms with Crippen molar-refractivity contribution in [1.29, 1.82) is 0 Å². The van der Waals surface area contributed by atoms with Crippen LogP contribution in [0, 0.1) is 0 Å². The highest BCUT2D eigenvalue weighted by Gasteiger charge is 2.21. The summed E-state index contributed by atoms with van der Waals surface area (Å²) in [5.41, 5.74) is 3.89. The molecule has 0 spiro atoms. The Labute approximate surface area is 151 Å². The summed E-state index contributed by atoms with van der Waals surface area (Å²) in [6.07, 6.45) is 9.27. The maximum atomic E-state index is 4.54. The zero-order valence-electron chi connectivity index (χ0n) is 14.3. The van der Waals surface area contributed by atoms with Crippen molar-refractivity contribution in [3.05, 3.63) is 41.0 Å². The second-order valence-corrected chi connectivity index (χ2v) is 8.06. The van der Waals surface area contributed by atoms with Crippen molar-refractivity contribution >= 4 is 38.7 Å². The fourth-order valence-corrected chi connectivity index (χ4v) is 5.30. The Bertz CT molecular complexity index is 894. The van der Waals surface area contributed by atoms with Gasteiger partial charge >= 0.3 is 0 Å². The van der Waals surface area contributed by atoms with Crippen LogP contribution in [0.25, 0.3) is 10.2 Å². The van der Waals surface area contributed by atoms with E-state index < -0.39 is 0 Å². The summed E-state index contributed by atoms with van der Waals surface area (Å²) in [5.74, 6) is 0.954. The number of aromatic nitrogens is 2. The van der Waals surface area contributed by atoms with Gasteiger partial charge in [-0.15, -0.1) is 11.3 Å². The van der Waals surface area contributed by atoms with Gasteiger partial charge in [-0.3, -0.25) is 0 Å². The van der Waals surface area contributed by atoms with Crippen LogP contribution in [0.2, 0.25) is 0 Å². The number of hydrogen-bond donors (Lipinski definition) is 1. The topological polar surface area (TPSA) is 41.1 Å². The zero-order valence-corrected chi connectivity index (χ0v) is 15.1. The molecule has 1 aliphatic heterocycles. The monoisotopic (exact) mass is 350 g/mol. The smallest absolute Gasteiger partial charge is 0.142 e. The Morgan fingerprint density at radius 1 is 0.920 bits per heavy atom. The Kier molecular flexibility index (Phi) is 3.82. The number of anilines is 3. The molecule has 0 bridgehead atoms. The summed E-state index contributed by atoms with van der Waals surface area (Å²) < 4.78 is 0. The Morgan fingerprint density at radius 2 is 1.76 bits per heavy atom. The van der Waals surface area contributed by atoms with Gasteiger partial charge in [0.25, 0.3) is 0 Å². The standard InChI is InChI=1S/C20H22N4S/c1-2-11-24(12-3-1)15-9-7-14(8-10-15)23-19-18-16-5-4-6-17(16)25-20(18)22-13-21-19/h7-10,13H,1-6,11-12H2,(H,21,22,23). The van der Waals surface area contributed by atoms with Crippen molar-refractivity contribution in [2.75, 3.05) is 23.3 Å². The molecule has 4 nitrogen and oxygen atoms in total. The lowest BCUT2D eigenvalue weighted by molar-refractivity contribution is 0.578. The second kappa shape index (κ2) is 6.30. The number of thiophene rings is 1. The average Bonchev–Trinajstić information content (AvgIpc) is 3.24. The molecule has 0 saturated carbocycles. The van der Waals surface area contributed by atoms with E-state index in [1.807, 2.05) is 11.3 Å². The van der Waals surface area contributed by atoms with Crippen molar-refractivity contribution in [3.63, 3.8) is 0 Å². The van der Waals surface area contributed by atoms with E-state index in [0.717, 1.165) is 22.8 Å². The van der Waals surface area contributed by atoms with Gasteiger partial charge in [0.1, 0.15) is 17.0 Å². The van der Waals surface area contributed by atoms with Crippen LogP contribution >= 0.6 is 11.3 Å². The van der Waals surface area contributed by atoms with Gasteiger partial charge in [-0.05, 0) is 68.4 Å². The summed E-state index contributed by atoms with van der Waals surface area (Å²) in [4.78, 5) is 14.1. The molecule has 0 radical (unpaired) electrons. The maximum Gasteiger partial charge on any atom is 0.142 e. The molecular weight excluding hydrogens is 328 g/mol. The first-order valence-corrected chi connectivity index (χ1v) is 10.1. The number of hydrogen-bond acceptors (Lipinski definition) is 5. The molecule has 0 unspecified atom stereocenters. The maximum absolute atomic E-state index is 4.54. The van der Waals surface area contributed by atoms with Crippen LogP contribution in [0.5, 0.6) is 0 Å². The van der Waals surface area contributed by atoms with Gasteiger partial charge in [-0.1, -0.05) is 0 Å². The minimum atomic E-state index is 0.954. The molecule has 2 aliphatic rings. The summed E-state index contributed by atoms with van der Waals surface area (Å²) in [6.45, 7) is 2.36. The lowest BCUT2D eigenvalue weighted by atomic mass is 10.1. The van der Waals surface area contributed by atoms with Gasteiger partial charge in [-0.2, -0.15) is 0 Å². The number of fused-ring (bicyclic) bond motifs is 3. The van der Waals surface area contributed by atoms with Crippen molar-refractivity contribution in [3.8, 4) is 0 Å². The van der Waals surface area contributed by atoms with Gasteiger partial charge < -0.3 is 10.2 Å². The fourth-order valence-electron chi connectivity index (χ4n) is 4.07. The Balaban J connectivity index is 1.43. The minimum Gasteiger partial charge on any atom is -0.372 e. The number of benzene rings is 1. The first-order valence-electron chi connectivity index (χ1n) is 9.26. The van der Waals surface area contributed by atoms with E-state index >= 15 is 0 Å². The fraction of sp³-hybridized carbons (Fsp3) is 0.400. The third-order valence-electron chi connectivity index (χ3n) is 5.35. The quantitative estimate of drug-likeness (QED) is 0.728.